The third-order valence-electron chi connectivity index (χ3n) is 4.43. The van der Waals surface area contributed by atoms with Crippen molar-refractivity contribution in [1.82, 2.24) is 9.80 Å². The Hall–Kier alpha value is -2.47. The molecule has 0 bridgehead atoms. The molecule has 1 aliphatic heterocycles. The van der Waals surface area contributed by atoms with Gasteiger partial charge in [-0.1, -0.05) is 12.1 Å². The fourth-order valence-electron chi connectivity index (χ4n) is 2.91. The smallest absolute Gasteiger partial charge is 0.260 e. The maximum absolute atomic E-state index is 13.1. The van der Waals surface area contributed by atoms with Crippen LogP contribution in [0, 0.1) is 11.6 Å². The van der Waals surface area contributed by atoms with Crippen molar-refractivity contribution in [2.75, 3.05) is 33.3 Å². The van der Waals surface area contributed by atoms with E-state index in [0.29, 0.717) is 18.8 Å². The highest BCUT2D eigenvalue weighted by Gasteiger charge is 2.28. The Kier molecular flexibility index (Phi) is 5.28. The van der Waals surface area contributed by atoms with E-state index in [9.17, 15) is 13.6 Å². The molecule has 2 aromatic rings. The molecule has 0 aromatic heterocycles. The summed E-state index contributed by atoms with van der Waals surface area (Å²) < 4.78 is 31.4. The van der Waals surface area contributed by atoms with Crippen LogP contribution in [0.2, 0.25) is 0 Å². The summed E-state index contributed by atoms with van der Waals surface area (Å²) in [5.41, 5.74) is 0.973. The lowest BCUT2D eigenvalue weighted by Gasteiger charge is -2.39. The van der Waals surface area contributed by atoms with E-state index < -0.39 is 0 Å². The molecule has 1 atom stereocenters. The molecule has 1 amide bonds. The van der Waals surface area contributed by atoms with Crippen molar-refractivity contribution in [2.45, 2.75) is 6.04 Å². The van der Waals surface area contributed by atoms with Crippen molar-refractivity contribution >= 4 is 5.91 Å². The van der Waals surface area contributed by atoms with Crippen molar-refractivity contribution in [2.24, 2.45) is 0 Å². The number of nitrogens with zero attached hydrogens (tertiary/aromatic N) is 2. The van der Waals surface area contributed by atoms with Gasteiger partial charge in [-0.2, -0.15) is 0 Å². The number of ether oxygens (including phenoxy) is 1. The highest BCUT2D eigenvalue weighted by atomic mass is 19.1. The number of hydrogen-bond donors (Lipinski definition) is 0. The lowest BCUT2D eigenvalue weighted by atomic mass is 10.0. The average molecular weight is 346 g/mol. The van der Waals surface area contributed by atoms with E-state index >= 15 is 0 Å². The van der Waals surface area contributed by atoms with Gasteiger partial charge in [-0.25, -0.2) is 8.78 Å². The van der Waals surface area contributed by atoms with Gasteiger partial charge >= 0.3 is 0 Å². The molecular formula is C19H20F2N2O2. The fraction of sp³-hybridized carbons (Fsp3) is 0.316. The van der Waals surface area contributed by atoms with Gasteiger partial charge in [-0.3, -0.25) is 9.69 Å². The molecule has 0 spiro atoms. The van der Waals surface area contributed by atoms with E-state index in [1.807, 2.05) is 7.05 Å². The van der Waals surface area contributed by atoms with Crippen LogP contribution < -0.4 is 4.74 Å². The number of halogens is 2. The van der Waals surface area contributed by atoms with Crippen LogP contribution in [0.4, 0.5) is 8.78 Å². The molecule has 1 aliphatic rings. The molecule has 1 heterocycles. The van der Waals surface area contributed by atoms with Crippen LogP contribution in [0.15, 0.2) is 48.5 Å². The van der Waals surface area contributed by atoms with Crippen LogP contribution in [-0.2, 0) is 4.79 Å². The van der Waals surface area contributed by atoms with E-state index in [1.165, 1.54) is 36.4 Å². The predicted octanol–water partition coefficient (Wildman–Crippen LogP) is 2.86. The Labute approximate surface area is 145 Å². The monoisotopic (exact) mass is 346 g/mol. The number of piperazine rings is 1. The van der Waals surface area contributed by atoms with Crippen LogP contribution in [0.1, 0.15) is 11.6 Å². The summed E-state index contributed by atoms with van der Waals surface area (Å²) in [5.74, 6) is -0.286. The Morgan fingerprint density at radius 3 is 2.28 bits per heavy atom. The van der Waals surface area contributed by atoms with Gasteiger partial charge in [0.15, 0.2) is 6.61 Å². The average Bonchev–Trinajstić information content (AvgIpc) is 2.62. The lowest BCUT2D eigenvalue weighted by Crippen LogP contribution is -2.50. The number of likely N-dealkylation sites (N-methyl/N-ethyl adjacent to an activating group) is 1. The van der Waals surface area contributed by atoms with E-state index in [2.05, 4.69) is 4.90 Å². The molecule has 1 saturated heterocycles. The second kappa shape index (κ2) is 7.61. The standard InChI is InChI=1S/C19H20F2N2O2/c1-22-10-11-23(12-18(22)14-2-4-15(20)5-3-14)19(24)13-25-17-8-6-16(21)7-9-17/h2-9,18H,10-13H2,1H3. The molecule has 1 unspecified atom stereocenters. The first-order valence-electron chi connectivity index (χ1n) is 8.15. The number of benzene rings is 2. The summed E-state index contributed by atoms with van der Waals surface area (Å²) in [4.78, 5) is 16.3. The minimum Gasteiger partial charge on any atom is -0.484 e. The molecule has 0 aliphatic carbocycles. The highest BCUT2D eigenvalue weighted by molar-refractivity contribution is 5.78. The topological polar surface area (TPSA) is 32.8 Å². The Bertz CT molecular complexity index is 719. The summed E-state index contributed by atoms with van der Waals surface area (Å²) in [6.45, 7) is 1.77. The van der Waals surface area contributed by atoms with Gasteiger partial charge in [0.2, 0.25) is 0 Å². The molecular weight excluding hydrogens is 326 g/mol. The Morgan fingerprint density at radius 1 is 1.04 bits per heavy atom. The molecule has 4 nitrogen and oxygen atoms in total. The predicted molar refractivity (Wildman–Crippen MR) is 90.2 cm³/mol. The number of carbonyl (C=O) groups excluding carboxylic acids is 1. The first-order chi connectivity index (χ1) is 12.0. The summed E-state index contributed by atoms with van der Waals surface area (Å²) in [6.07, 6.45) is 0. The van der Waals surface area contributed by atoms with Crippen molar-refractivity contribution in [1.29, 1.82) is 0 Å². The van der Waals surface area contributed by atoms with E-state index in [-0.39, 0.29) is 30.2 Å². The van der Waals surface area contributed by atoms with Gasteiger partial charge in [0.1, 0.15) is 17.4 Å². The lowest BCUT2D eigenvalue weighted by molar-refractivity contribution is -0.136. The largest absolute Gasteiger partial charge is 0.484 e. The molecule has 0 radical (unpaired) electrons. The minimum atomic E-state index is -0.347. The van der Waals surface area contributed by atoms with Crippen LogP contribution in [0.3, 0.4) is 0 Å². The van der Waals surface area contributed by atoms with Crippen LogP contribution >= 0.6 is 0 Å². The normalized spacial score (nSPS) is 18.2. The third-order valence-corrected chi connectivity index (χ3v) is 4.43. The zero-order valence-electron chi connectivity index (χ0n) is 14.0. The molecule has 3 rings (SSSR count). The van der Waals surface area contributed by atoms with Crippen LogP contribution in [0.5, 0.6) is 5.75 Å². The number of carbonyl (C=O) groups is 1. The number of rotatable bonds is 4. The first-order valence-corrected chi connectivity index (χ1v) is 8.15. The van der Waals surface area contributed by atoms with E-state index in [1.54, 1.807) is 17.0 Å². The summed E-state index contributed by atoms with van der Waals surface area (Å²) in [7, 11) is 1.99. The summed E-state index contributed by atoms with van der Waals surface area (Å²) in [6, 6.07) is 12.0. The maximum Gasteiger partial charge on any atom is 0.260 e. The molecule has 6 heteroatoms. The van der Waals surface area contributed by atoms with E-state index in [0.717, 1.165) is 12.1 Å². The Balaban J connectivity index is 1.61. The first kappa shape index (κ1) is 17.4. The molecule has 1 fully saturated rings. The molecule has 0 saturated carbocycles. The van der Waals surface area contributed by atoms with Crippen molar-refractivity contribution in [3.63, 3.8) is 0 Å². The number of amides is 1. The van der Waals surface area contributed by atoms with Crippen LogP contribution in [-0.4, -0.2) is 49.0 Å². The second-order valence-corrected chi connectivity index (χ2v) is 6.13. The third kappa shape index (κ3) is 4.33. The molecule has 25 heavy (non-hydrogen) atoms. The van der Waals surface area contributed by atoms with Crippen molar-refractivity contribution in [3.05, 3.63) is 65.7 Å². The van der Waals surface area contributed by atoms with Gasteiger partial charge in [-0.05, 0) is 49.0 Å². The molecule has 132 valence electrons. The zero-order valence-corrected chi connectivity index (χ0v) is 14.0. The minimum absolute atomic E-state index is 0.0177. The highest BCUT2D eigenvalue weighted by Crippen LogP contribution is 2.24. The molecule has 0 N–H and O–H groups in total. The maximum atomic E-state index is 13.1. The van der Waals surface area contributed by atoms with Crippen molar-refractivity contribution in [3.8, 4) is 5.75 Å². The van der Waals surface area contributed by atoms with Gasteiger partial charge in [0.05, 0.1) is 6.04 Å². The Morgan fingerprint density at radius 2 is 1.64 bits per heavy atom. The van der Waals surface area contributed by atoms with Gasteiger partial charge < -0.3 is 9.64 Å². The zero-order chi connectivity index (χ0) is 17.8. The van der Waals surface area contributed by atoms with Gasteiger partial charge in [0, 0.05) is 19.6 Å². The summed E-state index contributed by atoms with van der Waals surface area (Å²) in [5, 5.41) is 0. The fourth-order valence-corrected chi connectivity index (χ4v) is 2.91. The molecule has 2 aromatic carbocycles. The van der Waals surface area contributed by atoms with E-state index in [4.69, 9.17) is 4.74 Å². The SMILES string of the molecule is CN1CCN(C(=O)COc2ccc(F)cc2)CC1c1ccc(F)cc1. The van der Waals surface area contributed by atoms with Gasteiger partial charge in [-0.15, -0.1) is 0 Å². The second-order valence-electron chi connectivity index (χ2n) is 6.13. The van der Waals surface area contributed by atoms with Crippen LogP contribution in [0.25, 0.3) is 0 Å². The van der Waals surface area contributed by atoms with Gasteiger partial charge in [0.25, 0.3) is 5.91 Å². The quantitative estimate of drug-likeness (QED) is 0.853. The number of hydrogen-bond acceptors (Lipinski definition) is 3. The summed E-state index contributed by atoms with van der Waals surface area (Å²) >= 11 is 0. The van der Waals surface area contributed by atoms with Crippen molar-refractivity contribution < 1.29 is 18.3 Å².